The highest BCUT2D eigenvalue weighted by Crippen LogP contribution is 2.57. The zero-order chi connectivity index (χ0) is 10.4. The SMILES string of the molecule is CCCC1CC2CCC(C)(C)C2(C)O1. The summed E-state index contributed by atoms with van der Waals surface area (Å²) in [6.45, 7) is 9.36. The number of hydrogen-bond acceptors (Lipinski definition) is 1. The van der Waals surface area contributed by atoms with Crippen molar-refractivity contribution < 1.29 is 4.74 Å². The highest BCUT2D eigenvalue weighted by molar-refractivity contribution is 5.07. The first kappa shape index (κ1) is 10.5. The lowest BCUT2D eigenvalue weighted by Gasteiger charge is -2.38. The zero-order valence-electron chi connectivity index (χ0n) is 10.1. The van der Waals surface area contributed by atoms with Gasteiger partial charge in [-0.2, -0.15) is 0 Å². The molecule has 3 unspecified atom stereocenters. The van der Waals surface area contributed by atoms with Crippen molar-refractivity contribution in [3.63, 3.8) is 0 Å². The highest BCUT2D eigenvalue weighted by atomic mass is 16.5. The van der Waals surface area contributed by atoms with E-state index in [9.17, 15) is 0 Å². The fraction of sp³-hybridized carbons (Fsp3) is 1.00. The molecule has 0 radical (unpaired) electrons. The van der Waals surface area contributed by atoms with E-state index in [0.717, 1.165) is 5.92 Å². The average molecular weight is 196 g/mol. The van der Waals surface area contributed by atoms with Gasteiger partial charge in [0.25, 0.3) is 0 Å². The van der Waals surface area contributed by atoms with E-state index in [1.54, 1.807) is 0 Å². The van der Waals surface area contributed by atoms with Crippen LogP contribution in [0.3, 0.4) is 0 Å². The van der Waals surface area contributed by atoms with E-state index in [1.807, 2.05) is 0 Å². The minimum atomic E-state index is 0.173. The first-order chi connectivity index (χ1) is 6.49. The molecule has 1 aliphatic carbocycles. The summed E-state index contributed by atoms with van der Waals surface area (Å²) >= 11 is 0. The zero-order valence-corrected chi connectivity index (χ0v) is 10.1. The standard InChI is InChI=1S/C13H24O/c1-5-6-11-9-10-7-8-12(2,3)13(10,4)14-11/h10-11H,5-9H2,1-4H3. The molecule has 2 fully saturated rings. The van der Waals surface area contributed by atoms with Gasteiger partial charge in [0, 0.05) is 0 Å². The maximum Gasteiger partial charge on any atom is 0.0737 e. The van der Waals surface area contributed by atoms with Crippen molar-refractivity contribution in [3.05, 3.63) is 0 Å². The average Bonchev–Trinajstić information content (AvgIpc) is 2.50. The molecule has 0 bridgehead atoms. The van der Waals surface area contributed by atoms with Crippen LogP contribution in [0, 0.1) is 11.3 Å². The fourth-order valence-electron chi connectivity index (χ4n) is 3.42. The van der Waals surface area contributed by atoms with Crippen LogP contribution < -0.4 is 0 Å². The molecule has 82 valence electrons. The summed E-state index contributed by atoms with van der Waals surface area (Å²) in [4.78, 5) is 0. The van der Waals surface area contributed by atoms with Crippen molar-refractivity contribution in [2.24, 2.45) is 11.3 Å². The lowest BCUT2D eigenvalue weighted by atomic mass is 9.76. The molecule has 0 amide bonds. The summed E-state index contributed by atoms with van der Waals surface area (Å²) < 4.78 is 6.33. The molecule has 0 aromatic rings. The summed E-state index contributed by atoms with van der Waals surface area (Å²) in [6, 6.07) is 0. The molecule has 0 aromatic heterocycles. The second kappa shape index (κ2) is 3.23. The van der Waals surface area contributed by atoms with Gasteiger partial charge in [-0.3, -0.25) is 0 Å². The van der Waals surface area contributed by atoms with Crippen molar-refractivity contribution in [3.8, 4) is 0 Å². The second-order valence-corrected chi connectivity index (χ2v) is 5.99. The van der Waals surface area contributed by atoms with Gasteiger partial charge < -0.3 is 4.74 Å². The lowest BCUT2D eigenvalue weighted by Crippen LogP contribution is -2.41. The Bertz CT molecular complexity index is 221. The largest absolute Gasteiger partial charge is 0.371 e. The summed E-state index contributed by atoms with van der Waals surface area (Å²) in [5.41, 5.74) is 0.562. The molecule has 0 aromatic carbocycles. The maximum absolute atomic E-state index is 6.33. The molecular formula is C13H24O. The van der Waals surface area contributed by atoms with Crippen LogP contribution >= 0.6 is 0 Å². The van der Waals surface area contributed by atoms with Crippen molar-refractivity contribution in [2.45, 2.75) is 71.5 Å². The van der Waals surface area contributed by atoms with Crippen LogP contribution in [0.4, 0.5) is 0 Å². The van der Waals surface area contributed by atoms with E-state index in [1.165, 1.54) is 32.1 Å². The topological polar surface area (TPSA) is 9.23 Å². The normalized spacial score (nSPS) is 45.4. The minimum Gasteiger partial charge on any atom is -0.371 e. The van der Waals surface area contributed by atoms with Gasteiger partial charge in [0.05, 0.1) is 11.7 Å². The van der Waals surface area contributed by atoms with E-state index < -0.39 is 0 Å². The first-order valence-corrected chi connectivity index (χ1v) is 6.17. The molecule has 1 heterocycles. The summed E-state index contributed by atoms with van der Waals surface area (Å²) in [6.07, 6.45) is 7.09. The Balaban J connectivity index is 2.11. The molecule has 14 heavy (non-hydrogen) atoms. The summed E-state index contributed by atoms with van der Waals surface area (Å²) in [5.74, 6) is 0.828. The molecule has 1 aliphatic heterocycles. The Morgan fingerprint density at radius 1 is 1.29 bits per heavy atom. The monoisotopic (exact) mass is 196 g/mol. The summed E-state index contributed by atoms with van der Waals surface area (Å²) in [7, 11) is 0. The Kier molecular flexibility index (Phi) is 2.42. The summed E-state index contributed by atoms with van der Waals surface area (Å²) in [5, 5.41) is 0. The third-order valence-corrected chi connectivity index (χ3v) is 4.81. The first-order valence-electron chi connectivity index (χ1n) is 6.17. The van der Waals surface area contributed by atoms with E-state index in [0.29, 0.717) is 11.5 Å². The van der Waals surface area contributed by atoms with Gasteiger partial charge in [-0.1, -0.05) is 27.2 Å². The molecule has 1 saturated heterocycles. The fourth-order valence-corrected chi connectivity index (χ4v) is 3.42. The van der Waals surface area contributed by atoms with Gasteiger partial charge in [-0.05, 0) is 43.9 Å². The van der Waals surface area contributed by atoms with Crippen LogP contribution in [-0.4, -0.2) is 11.7 Å². The van der Waals surface area contributed by atoms with Crippen molar-refractivity contribution in [2.75, 3.05) is 0 Å². The Morgan fingerprint density at radius 2 is 2.00 bits per heavy atom. The van der Waals surface area contributed by atoms with Gasteiger partial charge in [0.2, 0.25) is 0 Å². The molecular weight excluding hydrogens is 172 g/mol. The van der Waals surface area contributed by atoms with Gasteiger partial charge in [-0.15, -0.1) is 0 Å². The van der Waals surface area contributed by atoms with Gasteiger partial charge in [0.15, 0.2) is 0 Å². The van der Waals surface area contributed by atoms with Crippen LogP contribution in [0.2, 0.25) is 0 Å². The molecule has 1 nitrogen and oxygen atoms in total. The lowest BCUT2D eigenvalue weighted by molar-refractivity contribution is -0.0997. The van der Waals surface area contributed by atoms with Gasteiger partial charge in [-0.25, -0.2) is 0 Å². The molecule has 2 rings (SSSR count). The van der Waals surface area contributed by atoms with Crippen molar-refractivity contribution >= 4 is 0 Å². The molecule has 0 N–H and O–H groups in total. The highest BCUT2D eigenvalue weighted by Gasteiger charge is 2.57. The molecule has 2 aliphatic rings. The molecule has 1 saturated carbocycles. The van der Waals surface area contributed by atoms with E-state index >= 15 is 0 Å². The number of hydrogen-bond donors (Lipinski definition) is 0. The minimum absolute atomic E-state index is 0.173. The number of ether oxygens (including phenoxy) is 1. The maximum atomic E-state index is 6.33. The van der Waals surface area contributed by atoms with Crippen LogP contribution in [0.1, 0.15) is 59.8 Å². The van der Waals surface area contributed by atoms with Crippen molar-refractivity contribution in [1.29, 1.82) is 0 Å². The quantitative estimate of drug-likeness (QED) is 0.653. The Hall–Kier alpha value is -0.0400. The third kappa shape index (κ3) is 1.32. The van der Waals surface area contributed by atoms with E-state index in [4.69, 9.17) is 4.74 Å². The van der Waals surface area contributed by atoms with Gasteiger partial charge in [0.1, 0.15) is 0 Å². The van der Waals surface area contributed by atoms with E-state index in [2.05, 4.69) is 27.7 Å². The molecule has 3 atom stereocenters. The third-order valence-electron chi connectivity index (χ3n) is 4.81. The Morgan fingerprint density at radius 3 is 2.57 bits per heavy atom. The smallest absolute Gasteiger partial charge is 0.0737 e. The van der Waals surface area contributed by atoms with Crippen molar-refractivity contribution in [1.82, 2.24) is 0 Å². The number of rotatable bonds is 2. The second-order valence-electron chi connectivity index (χ2n) is 5.99. The van der Waals surface area contributed by atoms with Crippen LogP contribution in [0.25, 0.3) is 0 Å². The van der Waals surface area contributed by atoms with Crippen LogP contribution in [0.5, 0.6) is 0 Å². The predicted molar refractivity (Wildman–Crippen MR) is 59.3 cm³/mol. The Labute approximate surface area is 88.2 Å². The number of fused-ring (bicyclic) bond motifs is 1. The molecule has 1 heteroatoms. The van der Waals surface area contributed by atoms with Gasteiger partial charge >= 0.3 is 0 Å². The van der Waals surface area contributed by atoms with Crippen LogP contribution in [0.15, 0.2) is 0 Å². The van der Waals surface area contributed by atoms with E-state index in [-0.39, 0.29) is 5.60 Å². The predicted octanol–water partition coefficient (Wildman–Crippen LogP) is 3.77. The molecule has 0 spiro atoms. The van der Waals surface area contributed by atoms with Crippen LogP contribution in [-0.2, 0) is 4.74 Å².